The Bertz CT molecular complexity index is 728. The summed E-state index contributed by atoms with van der Waals surface area (Å²) in [6.45, 7) is 5.68. The lowest BCUT2D eigenvalue weighted by molar-refractivity contribution is -0.122. The fourth-order valence-electron chi connectivity index (χ4n) is 2.70. The predicted octanol–water partition coefficient (Wildman–Crippen LogP) is 2.89. The number of nitrogens with zero attached hydrogens (tertiary/aromatic N) is 3. The van der Waals surface area contributed by atoms with Gasteiger partial charge < -0.3 is 19.9 Å². The van der Waals surface area contributed by atoms with Gasteiger partial charge in [0.2, 0.25) is 0 Å². The Morgan fingerprint density at radius 2 is 1.85 bits per heavy atom. The number of pyridine rings is 1. The predicted molar refractivity (Wildman–Crippen MR) is 104 cm³/mol. The molecular weight excluding hydrogens is 352 g/mol. The third-order valence-electron chi connectivity index (χ3n) is 4.34. The van der Waals surface area contributed by atoms with Gasteiger partial charge in [0.15, 0.2) is 6.10 Å². The van der Waals surface area contributed by atoms with Crippen LogP contribution in [-0.2, 0) is 4.79 Å². The van der Waals surface area contributed by atoms with Crippen molar-refractivity contribution in [2.45, 2.75) is 13.0 Å². The molecule has 1 aromatic carbocycles. The van der Waals surface area contributed by atoms with E-state index in [1.165, 1.54) is 0 Å². The van der Waals surface area contributed by atoms with Crippen LogP contribution < -0.4 is 15.0 Å². The van der Waals surface area contributed by atoms with Crippen LogP contribution in [0, 0.1) is 0 Å². The van der Waals surface area contributed by atoms with Gasteiger partial charge in [-0.3, -0.25) is 4.79 Å². The molecule has 1 aromatic heterocycles. The second-order valence-corrected chi connectivity index (χ2v) is 6.84. The Morgan fingerprint density at radius 1 is 1.15 bits per heavy atom. The van der Waals surface area contributed by atoms with E-state index in [1.807, 2.05) is 12.1 Å². The zero-order valence-corrected chi connectivity index (χ0v) is 15.7. The number of ether oxygens (including phenoxy) is 1. The number of aromatic nitrogens is 1. The van der Waals surface area contributed by atoms with Crippen LogP contribution in [0.3, 0.4) is 0 Å². The highest BCUT2D eigenvalue weighted by Gasteiger charge is 2.17. The summed E-state index contributed by atoms with van der Waals surface area (Å²) in [4.78, 5) is 21.3. The van der Waals surface area contributed by atoms with Crippen LogP contribution in [0.1, 0.15) is 6.92 Å². The molecule has 0 bridgehead atoms. The molecule has 2 aromatic rings. The number of nitrogens with one attached hydrogen (secondary N) is 1. The Hall–Kier alpha value is -2.31. The molecular formula is C19H23ClN4O2. The molecule has 1 amide bonds. The van der Waals surface area contributed by atoms with E-state index in [2.05, 4.69) is 27.1 Å². The second-order valence-electron chi connectivity index (χ2n) is 6.40. The number of piperazine rings is 1. The minimum absolute atomic E-state index is 0.228. The summed E-state index contributed by atoms with van der Waals surface area (Å²) in [5, 5.41) is 3.46. The molecule has 138 valence electrons. The Morgan fingerprint density at radius 3 is 2.46 bits per heavy atom. The Balaban J connectivity index is 1.54. The van der Waals surface area contributed by atoms with Crippen LogP contribution in [0.25, 0.3) is 0 Å². The first kappa shape index (κ1) is 18.5. The lowest BCUT2D eigenvalue weighted by Gasteiger charge is -2.33. The first-order valence-electron chi connectivity index (χ1n) is 8.64. The topological polar surface area (TPSA) is 57.7 Å². The fourth-order valence-corrected chi connectivity index (χ4v) is 2.82. The molecule has 1 atom stereocenters. The van der Waals surface area contributed by atoms with Crippen LogP contribution >= 0.6 is 11.6 Å². The first-order valence-corrected chi connectivity index (χ1v) is 9.02. The zero-order chi connectivity index (χ0) is 18.5. The summed E-state index contributed by atoms with van der Waals surface area (Å²) in [5.41, 5.74) is 0.652. The van der Waals surface area contributed by atoms with Crippen molar-refractivity contribution in [3.8, 4) is 5.75 Å². The van der Waals surface area contributed by atoms with Crippen molar-refractivity contribution in [1.82, 2.24) is 9.88 Å². The first-order chi connectivity index (χ1) is 12.5. The summed E-state index contributed by atoms with van der Waals surface area (Å²) in [5.74, 6) is 1.30. The van der Waals surface area contributed by atoms with E-state index in [4.69, 9.17) is 16.3 Å². The molecule has 6 nitrogen and oxygen atoms in total. The maximum Gasteiger partial charge on any atom is 0.265 e. The molecule has 0 spiro atoms. The standard InChI is InChI=1S/C19H23ClN4O2/c1-14(26-17-6-3-15(20)4-7-17)19(25)22-16-5-8-18(21-13-16)24-11-9-23(2)10-12-24/h3-8,13-14H,9-12H2,1-2H3,(H,22,25)/t14-/m1/s1. The third kappa shape index (κ3) is 4.86. The average Bonchev–Trinajstić information content (AvgIpc) is 2.65. The molecule has 0 radical (unpaired) electrons. The zero-order valence-electron chi connectivity index (χ0n) is 15.0. The van der Waals surface area contributed by atoms with E-state index in [-0.39, 0.29) is 5.91 Å². The average molecular weight is 375 g/mol. The van der Waals surface area contributed by atoms with E-state index >= 15 is 0 Å². The molecule has 0 unspecified atom stereocenters. The molecule has 1 aliphatic rings. The molecule has 26 heavy (non-hydrogen) atoms. The van der Waals surface area contributed by atoms with Crippen LogP contribution in [0.4, 0.5) is 11.5 Å². The lowest BCUT2D eigenvalue weighted by Crippen LogP contribution is -2.44. The molecule has 1 fully saturated rings. The van der Waals surface area contributed by atoms with Crippen LogP contribution in [-0.4, -0.2) is 55.1 Å². The summed E-state index contributed by atoms with van der Waals surface area (Å²) < 4.78 is 5.63. The highest BCUT2D eigenvalue weighted by atomic mass is 35.5. The van der Waals surface area contributed by atoms with Gasteiger partial charge in [0.1, 0.15) is 11.6 Å². The Labute approximate surface area is 158 Å². The van der Waals surface area contributed by atoms with Gasteiger partial charge in [-0.2, -0.15) is 0 Å². The highest BCUT2D eigenvalue weighted by molar-refractivity contribution is 6.30. The summed E-state index contributed by atoms with van der Waals surface area (Å²) in [6.07, 6.45) is 1.05. The van der Waals surface area contributed by atoms with E-state index in [0.29, 0.717) is 16.5 Å². The number of carbonyl (C=O) groups is 1. The summed E-state index contributed by atoms with van der Waals surface area (Å²) in [7, 11) is 2.12. The van der Waals surface area contributed by atoms with E-state index in [9.17, 15) is 4.79 Å². The van der Waals surface area contributed by atoms with Crippen molar-refractivity contribution in [1.29, 1.82) is 0 Å². The van der Waals surface area contributed by atoms with E-state index < -0.39 is 6.10 Å². The van der Waals surface area contributed by atoms with Gasteiger partial charge in [-0.25, -0.2) is 4.98 Å². The highest BCUT2D eigenvalue weighted by Crippen LogP contribution is 2.18. The minimum Gasteiger partial charge on any atom is -0.481 e. The molecule has 1 N–H and O–H groups in total. The van der Waals surface area contributed by atoms with Crippen molar-refractivity contribution >= 4 is 29.0 Å². The van der Waals surface area contributed by atoms with Crippen molar-refractivity contribution in [3.05, 3.63) is 47.6 Å². The fraction of sp³-hybridized carbons (Fsp3) is 0.368. The number of anilines is 2. The molecule has 2 heterocycles. The van der Waals surface area contributed by atoms with Crippen molar-refractivity contribution in [3.63, 3.8) is 0 Å². The van der Waals surface area contributed by atoms with Gasteiger partial charge in [0.05, 0.1) is 11.9 Å². The van der Waals surface area contributed by atoms with Gasteiger partial charge in [0, 0.05) is 31.2 Å². The number of hydrogen-bond acceptors (Lipinski definition) is 5. The largest absolute Gasteiger partial charge is 0.481 e. The summed E-state index contributed by atoms with van der Waals surface area (Å²) in [6, 6.07) is 10.7. The van der Waals surface area contributed by atoms with Gasteiger partial charge >= 0.3 is 0 Å². The number of likely N-dealkylation sites (N-methyl/N-ethyl adjacent to an activating group) is 1. The Kier molecular flexibility index (Phi) is 5.96. The maximum absolute atomic E-state index is 12.3. The van der Waals surface area contributed by atoms with E-state index in [0.717, 1.165) is 32.0 Å². The number of amides is 1. The van der Waals surface area contributed by atoms with E-state index in [1.54, 1.807) is 37.4 Å². The SMILES string of the molecule is C[C@@H](Oc1ccc(Cl)cc1)C(=O)Nc1ccc(N2CCN(C)CC2)nc1. The van der Waals surface area contributed by atoms with Crippen molar-refractivity contribution in [2.75, 3.05) is 43.4 Å². The summed E-state index contributed by atoms with van der Waals surface area (Å²) >= 11 is 5.85. The second kappa shape index (κ2) is 8.38. The molecule has 1 saturated heterocycles. The quantitative estimate of drug-likeness (QED) is 0.872. The van der Waals surface area contributed by atoms with Gasteiger partial charge in [-0.1, -0.05) is 11.6 Å². The number of rotatable bonds is 5. The monoisotopic (exact) mass is 374 g/mol. The minimum atomic E-state index is -0.631. The number of hydrogen-bond donors (Lipinski definition) is 1. The number of halogens is 1. The number of benzene rings is 1. The molecule has 7 heteroatoms. The lowest BCUT2D eigenvalue weighted by atomic mass is 10.3. The normalized spacial score (nSPS) is 16.2. The van der Waals surface area contributed by atoms with Crippen molar-refractivity contribution < 1.29 is 9.53 Å². The van der Waals surface area contributed by atoms with Crippen LogP contribution in [0.2, 0.25) is 5.02 Å². The van der Waals surface area contributed by atoms with Gasteiger partial charge in [0.25, 0.3) is 5.91 Å². The molecule has 0 saturated carbocycles. The van der Waals surface area contributed by atoms with Gasteiger partial charge in [-0.05, 0) is 50.4 Å². The van der Waals surface area contributed by atoms with Crippen LogP contribution in [0.15, 0.2) is 42.6 Å². The smallest absolute Gasteiger partial charge is 0.265 e. The van der Waals surface area contributed by atoms with Crippen molar-refractivity contribution in [2.24, 2.45) is 0 Å². The molecule has 3 rings (SSSR count). The van der Waals surface area contributed by atoms with Crippen LogP contribution in [0.5, 0.6) is 5.75 Å². The maximum atomic E-state index is 12.3. The third-order valence-corrected chi connectivity index (χ3v) is 4.59. The number of carbonyl (C=O) groups excluding carboxylic acids is 1. The molecule has 0 aliphatic carbocycles. The van der Waals surface area contributed by atoms with Gasteiger partial charge in [-0.15, -0.1) is 0 Å². The molecule has 1 aliphatic heterocycles.